The number of hydrogen-bond donors (Lipinski definition) is 2. The molecule has 0 aliphatic carbocycles. The molecular weight excluding hydrogens is 552 g/mol. The lowest BCUT2D eigenvalue weighted by atomic mass is 9.94. The summed E-state index contributed by atoms with van der Waals surface area (Å²) in [5.74, 6) is 0.0136. The van der Waals surface area contributed by atoms with Crippen LogP contribution in [0.2, 0.25) is 5.02 Å². The van der Waals surface area contributed by atoms with Crippen molar-refractivity contribution >= 4 is 48.9 Å². The van der Waals surface area contributed by atoms with E-state index in [1.807, 2.05) is 13.8 Å². The van der Waals surface area contributed by atoms with Gasteiger partial charge in [0.05, 0.1) is 16.1 Å². The summed E-state index contributed by atoms with van der Waals surface area (Å²) in [6, 6.07) is 10.0. The minimum atomic E-state index is -4.11. The van der Waals surface area contributed by atoms with Gasteiger partial charge in [0, 0.05) is 23.8 Å². The predicted octanol–water partition coefficient (Wildman–Crippen LogP) is 4.66. The van der Waals surface area contributed by atoms with Crippen molar-refractivity contribution in [1.29, 1.82) is 0 Å². The molecule has 2 unspecified atom stereocenters. The van der Waals surface area contributed by atoms with Crippen LogP contribution in [0.15, 0.2) is 56.8 Å². The maximum Gasteiger partial charge on any atom is 0.267 e. The molecule has 1 fully saturated rings. The number of nitrogens with zero attached hydrogens (tertiary/aromatic N) is 2. The number of benzene rings is 2. The minimum Gasteiger partial charge on any atom is -0.360 e. The van der Waals surface area contributed by atoms with Gasteiger partial charge in [0.15, 0.2) is 10.7 Å². The van der Waals surface area contributed by atoms with Crippen LogP contribution >= 0.6 is 11.6 Å². The largest absolute Gasteiger partial charge is 0.360 e. The number of carbonyl (C=O) groups is 1. The van der Waals surface area contributed by atoms with E-state index in [1.54, 1.807) is 0 Å². The Morgan fingerprint density at radius 2 is 1.66 bits per heavy atom. The van der Waals surface area contributed by atoms with Crippen LogP contribution in [-0.4, -0.2) is 45.3 Å². The van der Waals surface area contributed by atoms with E-state index in [4.69, 9.17) is 16.1 Å². The number of carbonyl (C=O) groups excluding carboxylic acids is 1. The number of rotatable bonds is 7. The van der Waals surface area contributed by atoms with Gasteiger partial charge in [0.25, 0.3) is 15.9 Å². The van der Waals surface area contributed by atoms with Crippen LogP contribution in [0.1, 0.15) is 42.1 Å². The van der Waals surface area contributed by atoms with E-state index in [0.717, 1.165) is 6.42 Å². The Balaban J connectivity index is 1.55. The van der Waals surface area contributed by atoms with Crippen LogP contribution in [0.4, 0.5) is 11.4 Å². The van der Waals surface area contributed by atoms with Crippen molar-refractivity contribution < 1.29 is 26.2 Å². The number of aromatic nitrogens is 1. The first-order valence-corrected chi connectivity index (χ1v) is 15.2. The van der Waals surface area contributed by atoms with E-state index in [0.29, 0.717) is 18.8 Å². The molecule has 2 heterocycles. The predicted molar refractivity (Wildman–Crippen MR) is 144 cm³/mol. The summed E-state index contributed by atoms with van der Waals surface area (Å²) in [4.78, 5) is 13.1. The molecule has 13 heteroatoms. The van der Waals surface area contributed by atoms with Crippen LogP contribution in [0.3, 0.4) is 0 Å². The standard InChI is InChI=1S/C25H29ClN4O6S2/c1-15-11-16(2)14-30(13-15)38(34,35)21-8-6-20(7-9-21)27-25(31)22-12-19(26)5-10-23(22)29-37(32,33)24-17(3)28-36-18(24)4/h5-10,12,15-16,29H,11,13-14H2,1-4H3,(H,27,31). The zero-order chi connectivity index (χ0) is 27.8. The summed E-state index contributed by atoms with van der Waals surface area (Å²) in [6.45, 7) is 7.97. The van der Waals surface area contributed by atoms with E-state index in [-0.39, 0.29) is 49.4 Å². The molecule has 1 aromatic heterocycles. The Bertz CT molecular complexity index is 1540. The Hall–Kier alpha value is -2.93. The molecule has 1 amide bonds. The zero-order valence-electron chi connectivity index (χ0n) is 21.4. The van der Waals surface area contributed by atoms with Gasteiger partial charge < -0.3 is 9.84 Å². The van der Waals surface area contributed by atoms with Crippen LogP contribution in [0.5, 0.6) is 0 Å². The molecule has 2 aromatic carbocycles. The molecule has 0 bridgehead atoms. The van der Waals surface area contributed by atoms with E-state index in [1.165, 1.54) is 60.6 Å². The lowest BCUT2D eigenvalue weighted by Gasteiger charge is -2.34. The van der Waals surface area contributed by atoms with Crippen molar-refractivity contribution in [1.82, 2.24) is 9.46 Å². The first kappa shape index (κ1) is 28.1. The minimum absolute atomic E-state index is 0.000522. The molecule has 0 saturated carbocycles. The average molecular weight is 581 g/mol. The molecule has 0 radical (unpaired) electrons. The van der Waals surface area contributed by atoms with Gasteiger partial charge in [0.2, 0.25) is 10.0 Å². The van der Waals surface area contributed by atoms with Crippen molar-refractivity contribution in [2.24, 2.45) is 11.8 Å². The second-order valence-corrected chi connectivity index (χ2v) is 13.7. The number of piperidine rings is 1. The fourth-order valence-electron chi connectivity index (χ4n) is 4.71. The highest BCUT2D eigenvalue weighted by Crippen LogP contribution is 2.29. The molecule has 38 heavy (non-hydrogen) atoms. The number of amides is 1. The smallest absolute Gasteiger partial charge is 0.267 e. The molecule has 1 aliphatic heterocycles. The molecule has 2 atom stereocenters. The average Bonchev–Trinajstić information content (AvgIpc) is 3.18. The number of nitrogens with one attached hydrogen (secondary N) is 2. The molecule has 204 valence electrons. The number of halogens is 1. The summed E-state index contributed by atoms with van der Waals surface area (Å²) in [6.07, 6.45) is 0.983. The van der Waals surface area contributed by atoms with Gasteiger partial charge in [-0.25, -0.2) is 16.8 Å². The monoisotopic (exact) mass is 580 g/mol. The third-order valence-electron chi connectivity index (χ3n) is 6.29. The van der Waals surface area contributed by atoms with Crippen molar-refractivity contribution in [2.75, 3.05) is 23.1 Å². The Morgan fingerprint density at radius 3 is 2.24 bits per heavy atom. The highest BCUT2D eigenvalue weighted by molar-refractivity contribution is 7.92. The van der Waals surface area contributed by atoms with Crippen LogP contribution in [0, 0.1) is 25.7 Å². The summed E-state index contributed by atoms with van der Waals surface area (Å²) in [5.41, 5.74) is 0.479. The van der Waals surface area contributed by atoms with E-state index in [9.17, 15) is 21.6 Å². The summed E-state index contributed by atoms with van der Waals surface area (Å²) < 4.78 is 61.1. The second kappa shape index (κ2) is 10.7. The van der Waals surface area contributed by atoms with Gasteiger partial charge in [-0.1, -0.05) is 30.6 Å². The number of sulfonamides is 2. The molecular formula is C25H29ClN4O6S2. The van der Waals surface area contributed by atoms with Crippen molar-refractivity contribution in [3.8, 4) is 0 Å². The molecule has 1 aliphatic rings. The quantitative estimate of drug-likeness (QED) is 0.414. The van der Waals surface area contributed by atoms with Crippen LogP contribution < -0.4 is 10.0 Å². The molecule has 4 rings (SSSR count). The van der Waals surface area contributed by atoms with Gasteiger partial charge in [0.1, 0.15) is 5.69 Å². The fourth-order valence-corrected chi connectivity index (χ4v) is 7.97. The first-order chi connectivity index (χ1) is 17.8. The van der Waals surface area contributed by atoms with E-state index in [2.05, 4.69) is 15.2 Å². The molecule has 10 nitrogen and oxygen atoms in total. The molecule has 2 N–H and O–H groups in total. The highest BCUT2D eigenvalue weighted by Gasteiger charge is 2.32. The lowest BCUT2D eigenvalue weighted by Crippen LogP contribution is -2.42. The SMILES string of the molecule is Cc1noc(C)c1S(=O)(=O)Nc1ccc(Cl)cc1C(=O)Nc1ccc(S(=O)(=O)N2CC(C)CC(C)C2)cc1. The third-order valence-corrected chi connectivity index (χ3v) is 9.98. The second-order valence-electron chi connectivity index (χ2n) is 9.70. The van der Waals surface area contributed by atoms with Crippen LogP contribution in [-0.2, 0) is 20.0 Å². The normalized spacial score (nSPS) is 18.8. The van der Waals surface area contributed by atoms with Crippen molar-refractivity contribution in [3.05, 3.63) is 64.5 Å². The van der Waals surface area contributed by atoms with Gasteiger partial charge >= 0.3 is 0 Å². The van der Waals surface area contributed by atoms with Crippen LogP contribution in [0.25, 0.3) is 0 Å². The maximum absolute atomic E-state index is 13.1. The third kappa shape index (κ3) is 5.88. The first-order valence-electron chi connectivity index (χ1n) is 11.9. The Kier molecular flexibility index (Phi) is 7.89. The number of anilines is 2. The summed E-state index contributed by atoms with van der Waals surface area (Å²) >= 11 is 6.10. The maximum atomic E-state index is 13.1. The van der Waals surface area contributed by atoms with E-state index < -0.39 is 26.0 Å². The van der Waals surface area contributed by atoms with Crippen molar-refractivity contribution in [3.63, 3.8) is 0 Å². The zero-order valence-corrected chi connectivity index (χ0v) is 23.7. The van der Waals surface area contributed by atoms with Crippen molar-refractivity contribution in [2.45, 2.75) is 43.9 Å². The number of aryl methyl sites for hydroxylation is 2. The number of hydrogen-bond acceptors (Lipinski definition) is 7. The summed E-state index contributed by atoms with van der Waals surface area (Å²) in [7, 11) is -7.79. The van der Waals surface area contributed by atoms with Gasteiger partial charge in [-0.15, -0.1) is 0 Å². The molecule has 3 aromatic rings. The Morgan fingerprint density at radius 1 is 1.03 bits per heavy atom. The van der Waals surface area contributed by atoms with Gasteiger partial charge in [-0.3, -0.25) is 9.52 Å². The highest BCUT2D eigenvalue weighted by atomic mass is 35.5. The molecule has 1 saturated heterocycles. The van der Waals surface area contributed by atoms with Gasteiger partial charge in [-0.05, 0) is 74.6 Å². The fraction of sp³-hybridized carbons (Fsp3) is 0.360. The molecule has 0 spiro atoms. The topological polar surface area (TPSA) is 139 Å². The van der Waals surface area contributed by atoms with E-state index >= 15 is 0 Å². The summed E-state index contributed by atoms with van der Waals surface area (Å²) in [5, 5.41) is 6.57. The Labute approximate surface area is 227 Å². The van der Waals surface area contributed by atoms with Gasteiger partial charge in [-0.2, -0.15) is 4.31 Å². The lowest BCUT2D eigenvalue weighted by molar-refractivity contribution is 0.102.